The van der Waals surface area contributed by atoms with Crippen molar-refractivity contribution in [2.75, 3.05) is 11.9 Å². The van der Waals surface area contributed by atoms with Crippen molar-refractivity contribution in [3.8, 4) is 11.5 Å². The van der Waals surface area contributed by atoms with Crippen molar-refractivity contribution in [3.05, 3.63) is 53.6 Å². The van der Waals surface area contributed by atoms with E-state index in [0.29, 0.717) is 17.9 Å². The average molecular weight is 340 g/mol. The zero-order valence-corrected chi connectivity index (χ0v) is 14.8. The fourth-order valence-electron chi connectivity index (χ4n) is 3.14. The van der Waals surface area contributed by atoms with Crippen LogP contribution in [0.2, 0.25) is 0 Å². The Bertz CT molecular complexity index is 775. The summed E-state index contributed by atoms with van der Waals surface area (Å²) in [6.07, 6.45) is 0.542. The SMILES string of the molecule is CCOc1cc([C@H]2Nc3ccccc3C(=O)N2[C@H](C)CC)ccc1O. The van der Waals surface area contributed by atoms with Crippen LogP contribution in [0.15, 0.2) is 42.5 Å². The van der Waals surface area contributed by atoms with Gasteiger partial charge >= 0.3 is 0 Å². The Morgan fingerprint density at radius 1 is 1.24 bits per heavy atom. The lowest BCUT2D eigenvalue weighted by atomic mass is 10.0. The van der Waals surface area contributed by atoms with E-state index in [1.54, 1.807) is 12.1 Å². The van der Waals surface area contributed by atoms with E-state index in [9.17, 15) is 9.90 Å². The van der Waals surface area contributed by atoms with Gasteiger partial charge in [0.15, 0.2) is 11.5 Å². The summed E-state index contributed by atoms with van der Waals surface area (Å²) < 4.78 is 5.51. The minimum Gasteiger partial charge on any atom is -0.504 e. The number of para-hydroxylation sites is 1. The Labute approximate surface area is 148 Å². The molecule has 5 heteroatoms. The molecule has 1 amide bonds. The van der Waals surface area contributed by atoms with Crippen molar-refractivity contribution in [1.82, 2.24) is 4.90 Å². The highest BCUT2D eigenvalue weighted by molar-refractivity contribution is 6.01. The molecule has 0 unspecified atom stereocenters. The van der Waals surface area contributed by atoms with Crippen LogP contribution in [0, 0.1) is 0 Å². The summed E-state index contributed by atoms with van der Waals surface area (Å²) in [5, 5.41) is 13.4. The Kier molecular flexibility index (Phi) is 4.83. The van der Waals surface area contributed by atoms with Crippen LogP contribution in [0.5, 0.6) is 11.5 Å². The van der Waals surface area contributed by atoms with Gasteiger partial charge in [0.2, 0.25) is 0 Å². The van der Waals surface area contributed by atoms with Gasteiger partial charge in [-0.05, 0) is 50.1 Å². The molecular weight excluding hydrogens is 316 g/mol. The molecule has 0 radical (unpaired) electrons. The number of hydrogen-bond donors (Lipinski definition) is 2. The number of rotatable bonds is 5. The van der Waals surface area contributed by atoms with Crippen molar-refractivity contribution in [2.45, 2.75) is 39.4 Å². The van der Waals surface area contributed by atoms with Crippen LogP contribution >= 0.6 is 0 Å². The van der Waals surface area contributed by atoms with Crippen LogP contribution in [-0.2, 0) is 0 Å². The monoisotopic (exact) mass is 340 g/mol. The van der Waals surface area contributed by atoms with E-state index >= 15 is 0 Å². The van der Waals surface area contributed by atoms with E-state index in [1.807, 2.05) is 49.1 Å². The number of carbonyl (C=O) groups excluding carboxylic acids is 1. The number of ether oxygens (including phenoxy) is 1. The number of carbonyl (C=O) groups is 1. The van der Waals surface area contributed by atoms with Crippen molar-refractivity contribution in [3.63, 3.8) is 0 Å². The molecule has 0 bridgehead atoms. The van der Waals surface area contributed by atoms with Crippen LogP contribution in [0.1, 0.15) is 49.3 Å². The smallest absolute Gasteiger partial charge is 0.258 e. The molecule has 1 aliphatic heterocycles. The lowest BCUT2D eigenvalue weighted by Crippen LogP contribution is -2.47. The van der Waals surface area contributed by atoms with Gasteiger partial charge in [0.05, 0.1) is 12.2 Å². The predicted octanol–water partition coefficient (Wildman–Crippen LogP) is 4.16. The maximum atomic E-state index is 13.1. The highest BCUT2D eigenvalue weighted by Crippen LogP contribution is 2.37. The van der Waals surface area contributed by atoms with Gasteiger partial charge in [0.1, 0.15) is 6.17 Å². The molecule has 0 saturated heterocycles. The lowest BCUT2D eigenvalue weighted by molar-refractivity contribution is 0.0593. The number of nitrogens with zero attached hydrogens (tertiary/aromatic N) is 1. The predicted molar refractivity (Wildman–Crippen MR) is 98.0 cm³/mol. The third kappa shape index (κ3) is 3.14. The first-order chi connectivity index (χ1) is 12.1. The van der Waals surface area contributed by atoms with Gasteiger partial charge < -0.3 is 20.1 Å². The highest BCUT2D eigenvalue weighted by atomic mass is 16.5. The van der Waals surface area contributed by atoms with E-state index < -0.39 is 0 Å². The quantitative estimate of drug-likeness (QED) is 0.858. The molecule has 5 nitrogen and oxygen atoms in total. The fraction of sp³-hybridized carbons (Fsp3) is 0.350. The summed E-state index contributed by atoms with van der Waals surface area (Å²) in [5.41, 5.74) is 2.38. The van der Waals surface area contributed by atoms with E-state index in [4.69, 9.17) is 4.74 Å². The first-order valence-electron chi connectivity index (χ1n) is 8.70. The Hall–Kier alpha value is -2.69. The third-order valence-electron chi connectivity index (χ3n) is 4.63. The molecule has 0 aliphatic carbocycles. The van der Waals surface area contributed by atoms with E-state index in [2.05, 4.69) is 12.2 Å². The fourth-order valence-corrected chi connectivity index (χ4v) is 3.14. The summed E-state index contributed by atoms with van der Waals surface area (Å²) in [6, 6.07) is 12.9. The summed E-state index contributed by atoms with van der Waals surface area (Å²) in [7, 11) is 0. The molecule has 0 spiro atoms. The molecule has 2 aromatic rings. The number of aromatic hydroxyl groups is 1. The molecule has 2 atom stereocenters. The molecule has 0 fully saturated rings. The maximum Gasteiger partial charge on any atom is 0.258 e. The highest BCUT2D eigenvalue weighted by Gasteiger charge is 2.35. The number of benzene rings is 2. The normalized spacial score (nSPS) is 17.6. The van der Waals surface area contributed by atoms with Crippen LogP contribution in [0.25, 0.3) is 0 Å². The summed E-state index contributed by atoms with van der Waals surface area (Å²) >= 11 is 0. The van der Waals surface area contributed by atoms with Gasteiger partial charge in [-0.25, -0.2) is 0 Å². The number of phenolic OH excluding ortho intramolecular Hbond substituents is 1. The molecule has 3 rings (SSSR count). The van der Waals surface area contributed by atoms with Crippen LogP contribution in [0.4, 0.5) is 5.69 Å². The molecule has 1 aliphatic rings. The molecule has 25 heavy (non-hydrogen) atoms. The Balaban J connectivity index is 2.06. The van der Waals surface area contributed by atoms with Crippen LogP contribution < -0.4 is 10.1 Å². The molecule has 1 heterocycles. The lowest BCUT2D eigenvalue weighted by Gasteiger charge is -2.41. The van der Waals surface area contributed by atoms with E-state index in [1.165, 1.54) is 0 Å². The van der Waals surface area contributed by atoms with E-state index in [0.717, 1.165) is 17.7 Å². The number of anilines is 1. The third-order valence-corrected chi connectivity index (χ3v) is 4.63. The molecule has 132 valence electrons. The first kappa shape index (κ1) is 17.1. The number of amides is 1. The zero-order chi connectivity index (χ0) is 18.0. The standard InChI is InChI=1S/C20H24N2O3/c1-4-13(3)22-19(14-10-11-17(23)18(12-14)25-5-2)21-16-9-7-6-8-15(16)20(22)24/h6-13,19,21,23H,4-5H2,1-3H3/t13-,19+/m1/s1. The van der Waals surface area contributed by atoms with Crippen molar-refractivity contribution < 1.29 is 14.6 Å². The zero-order valence-electron chi connectivity index (χ0n) is 14.8. The van der Waals surface area contributed by atoms with Gasteiger partial charge in [-0.2, -0.15) is 0 Å². The second-order valence-electron chi connectivity index (χ2n) is 6.22. The average Bonchev–Trinajstić information content (AvgIpc) is 2.63. The van der Waals surface area contributed by atoms with Crippen molar-refractivity contribution in [1.29, 1.82) is 0 Å². The van der Waals surface area contributed by atoms with E-state index in [-0.39, 0.29) is 23.9 Å². The van der Waals surface area contributed by atoms with Gasteiger partial charge in [-0.15, -0.1) is 0 Å². The minimum atomic E-state index is -0.308. The number of hydrogen-bond acceptors (Lipinski definition) is 4. The number of fused-ring (bicyclic) bond motifs is 1. The minimum absolute atomic E-state index is 0.0136. The van der Waals surface area contributed by atoms with Gasteiger partial charge in [0, 0.05) is 11.7 Å². The molecule has 0 aromatic heterocycles. The summed E-state index contributed by atoms with van der Waals surface area (Å²) in [4.78, 5) is 14.9. The molecule has 0 saturated carbocycles. The molecule has 2 aromatic carbocycles. The van der Waals surface area contributed by atoms with Crippen LogP contribution in [0.3, 0.4) is 0 Å². The largest absolute Gasteiger partial charge is 0.504 e. The molecule has 2 N–H and O–H groups in total. The Morgan fingerprint density at radius 2 is 2.00 bits per heavy atom. The van der Waals surface area contributed by atoms with Gasteiger partial charge in [-0.3, -0.25) is 4.79 Å². The molecular formula is C20H24N2O3. The Morgan fingerprint density at radius 3 is 2.72 bits per heavy atom. The first-order valence-corrected chi connectivity index (χ1v) is 8.70. The number of nitrogens with one attached hydrogen (secondary N) is 1. The van der Waals surface area contributed by atoms with Crippen LogP contribution in [-0.4, -0.2) is 28.6 Å². The summed E-state index contributed by atoms with van der Waals surface area (Å²) in [5.74, 6) is 0.542. The van der Waals surface area contributed by atoms with Gasteiger partial charge in [-0.1, -0.05) is 25.1 Å². The second kappa shape index (κ2) is 7.05. The summed E-state index contributed by atoms with van der Waals surface area (Å²) in [6.45, 7) is 6.45. The van der Waals surface area contributed by atoms with Gasteiger partial charge in [0.25, 0.3) is 5.91 Å². The van der Waals surface area contributed by atoms with Crippen molar-refractivity contribution >= 4 is 11.6 Å². The maximum absolute atomic E-state index is 13.1. The second-order valence-corrected chi connectivity index (χ2v) is 6.22. The van der Waals surface area contributed by atoms with Crippen molar-refractivity contribution in [2.24, 2.45) is 0 Å². The topological polar surface area (TPSA) is 61.8 Å². The number of phenols is 1.